The van der Waals surface area contributed by atoms with Crippen LogP contribution in [0.4, 0.5) is 0 Å². The fourth-order valence-electron chi connectivity index (χ4n) is 2.52. The maximum atomic E-state index is 8.82. The Balaban J connectivity index is 1.97. The first-order valence-electron chi connectivity index (χ1n) is 7.79. The molecule has 1 aliphatic heterocycles. The van der Waals surface area contributed by atoms with Gasteiger partial charge in [-0.3, -0.25) is 0 Å². The summed E-state index contributed by atoms with van der Waals surface area (Å²) in [6, 6.07) is 9.70. The molecule has 0 radical (unpaired) electrons. The zero-order chi connectivity index (χ0) is 15.8. The van der Waals surface area contributed by atoms with Crippen LogP contribution in [-0.2, 0) is 11.3 Å². The monoisotopic (exact) mass is 300 g/mol. The van der Waals surface area contributed by atoms with E-state index in [1.54, 1.807) is 0 Å². The first-order valence-corrected chi connectivity index (χ1v) is 7.79. The zero-order valence-electron chi connectivity index (χ0n) is 13.4. The van der Waals surface area contributed by atoms with Gasteiger partial charge in [-0.2, -0.15) is 5.26 Å². The topological polar surface area (TPSA) is 60.7 Å². The summed E-state index contributed by atoms with van der Waals surface area (Å²) < 4.78 is 5.44. The Kier molecular flexibility index (Phi) is 6.23. The molecule has 1 aromatic rings. The Bertz CT molecular complexity index is 527. The van der Waals surface area contributed by atoms with E-state index in [9.17, 15) is 0 Å². The molecule has 2 rings (SSSR count). The average molecular weight is 300 g/mol. The van der Waals surface area contributed by atoms with E-state index in [1.165, 1.54) is 0 Å². The van der Waals surface area contributed by atoms with Gasteiger partial charge in [0.2, 0.25) is 0 Å². The second-order valence-corrected chi connectivity index (χ2v) is 5.59. The van der Waals surface area contributed by atoms with Gasteiger partial charge in [0.05, 0.1) is 24.8 Å². The van der Waals surface area contributed by atoms with Crippen LogP contribution in [0.1, 0.15) is 24.5 Å². The molecule has 0 amide bonds. The molecule has 5 heteroatoms. The molecule has 1 heterocycles. The molecule has 0 aliphatic carbocycles. The molecular formula is C17H24N4O. The Labute approximate surface area is 132 Å². The van der Waals surface area contributed by atoms with Crippen molar-refractivity contribution in [3.05, 3.63) is 35.4 Å². The molecule has 1 aliphatic rings. The Morgan fingerprint density at radius 3 is 2.82 bits per heavy atom. The van der Waals surface area contributed by atoms with E-state index in [0.29, 0.717) is 18.0 Å². The molecule has 1 fully saturated rings. The van der Waals surface area contributed by atoms with Crippen LogP contribution in [-0.4, -0.2) is 44.2 Å². The fraction of sp³-hybridized carbons (Fsp3) is 0.529. The van der Waals surface area contributed by atoms with Crippen LogP contribution < -0.4 is 5.32 Å². The molecule has 1 saturated heterocycles. The van der Waals surface area contributed by atoms with Crippen molar-refractivity contribution in [3.63, 3.8) is 0 Å². The van der Waals surface area contributed by atoms with Crippen LogP contribution in [0.2, 0.25) is 0 Å². The van der Waals surface area contributed by atoms with E-state index in [0.717, 1.165) is 44.2 Å². The third-order valence-electron chi connectivity index (χ3n) is 3.75. The van der Waals surface area contributed by atoms with Crippen LogP contribution in [0, 0.1) is 17.2 Å². The molecule has 0 saturated carbocycles. The van der Waals surface area contributed by atoms with Crippen molar-refractivity contribution >= 4 is 5.96 Å². The molecule has 0 aromatic heterocycles. The second-order valence-electron chi connectivity index (χ2n) is 5.59. The van der Waals surface area contributed by atoms with E-state index in [1.807, 2.05) is 24.3 Å². The molecule has 1 unspecified atom stereocenters. The van der Waals surface area contributed by atoms with Crippen molar-refractivity contribution in [2.24, 2.45) is 10.9 Å². The van der Waals surface area contributed by atoms with Crippen molar-refractivity contribution in [1.82, 2.24) is 10.2 Å². The number of benzene rings is 1. The van der Waals surface area contributed by atoms with Crippen molar-refractivity contribution in [2.45, 2.75) is 19.9 Å². The second kappa shape index (κ2) is 8.40. The highest BCUT2D eigenvalue weighted by atomic mass is 16.5. The summed E-state index contributed by atoms with van der Waals surface area (Å²) in [5, 5.41) is 12.2. The van der Waals surface area contributed by atoms with Crippen molar-refractivity contribution in [1.29, 1.82) is 5.26 Å². The molecule has 118 valence electrons. The van der Waals surface area contributed by atoms with Gasteiger partial charge in [0.1, 0.15) is 0 Å². The first-order chi connectivity index (χ1) is 10.7. The number of nitrogens with zero attached hydrogens (tertiary/aromatic N) is 3. The summed E-state index contributed by atoms with van der Waals surface area (Å²) in [5.74, 6) is 1.50. The largest absolute Gasteiger partial charge is 0.381 e. The Morgan fingerprint density at radius 2 is 2.23 bits per heavy atom. The number of guanidine groups is 1. The van der Waals surface area contributed by atoms with Crippen LogP contribution in [0.25, 0.3) is 0 Å². The van der Waals surface area contributed by atoms with Gasteiger partial charge in [0.15, 0.2) is 5.96 Å². The summed E-state index contributed by atoms with van der Waals surface area (Å²) in [7, 11) is 2.07. The molecule has 5 nitrogen and oxygen atoms in total. The number of hydrogen-bond acceptors (Lipinski definition) is 3. The quantitative estimate of drug-likeness (QED) is 0.667. The first kappa shape index (κ1) is 16.3. The SMILES string of the molecule is CCNC(=NCc1ccc(C#N)cc1)N(C)CC1CCOC1. The third-order valence-corrected chi connectivity index (χ3v) is 3.75. The molecule has 22 heavy (non-hydrogen) atoms. The fourth-order valence-corrected chi connectivity index (χ4v) is 2.52. The molecule has 1 N–H and O–H groups in total. The summed E-state index contributed by atoms with van der Waals surface area (Å²) in [6.45, 7) is 6.21. The summed E-state index contributed by atoms with van der Waals surface area (Å²) >= 11 is 0. The Morgan fingerprint density at radius 1 is 1.45 bits per heavy atom. The number of aliphatic imine (C=N–C) groups is 1. The predicted octanol–water partition coefficient (Wildman–Crippen LogP) is 1.99. The number of ether oxygens (including phenoxy) is 1. The third kappa shape index (κ3) is 4.74. The van der Waals surface area contributed by atoms with Gasteiger partial charge >= 0.3 is 0 Å². The van der Waals surface area contributed by atoms with Crippen molar-refractivity contribution < 1.29 is 4.74 Å². The van der Waals surface area contributed by atoms with Crippen LogP contribution >= 0.6 is 0 Å². The highest BCUT2D eigenvalue weighted by molar-refractivity contribution is 5.79. The lowest BCUT2D eigenvalue weighted by Gasteiger charge is -2.24. The van der Waals surface area contributed by atoms with Crippen LogP contribution in [0.5, 0.6) is 0 Å². The number of hydrogen-bond donors (Lipinski definition) is 1. The standard InChI is InChI=1S/C17H24N4O/c1-3-19-17(21(2)12-16-8-9-22-13-16)20-11-15-6-4-14(10-18)5-7-15/h4-7,16H,3,8-9,11-13H2,1-2H3,(H,19,20). The minimum atomic E-state index is 0.587. The summed E-state index contributed by atoms with van der Waals surface area (Å²) in [6.07, 6.45) is 1.12. The highest BCUT2D eigenvalue weighted by Gasteiger charge is 2.18. The summed E-state index contributed by atoms with van der Waals surface area (Å²) in [4.78, 5) is 6.86. The normalized spacial score (nSPS) is 18.0. The van der Waals surface area contributed by atoms with Crippen LogP contribution in [0.3, 0.4) is 0 Å². The predicted molar refractivity (Wildman–Crippen MR) is 87.5 cm³/mol. The highest BCUT2D eigenvalue weighted by Crippen LogP contribution is 2.13. The van der Waals surface area contributed by atoms with Gasteiger partial charge in [-0.25, -0.2) is 4.99 Å². The minimum Gasteiger partial charge on any atom is -0.381 e. The maximum Gasteiger partial charge on any atom is 0.193 e. The van der Waals surface area contributed by atoms with Crippen molar-refractivity contribution in [3.8, 4) is 6.07 Å². The summed E-state index contributed by atoms with van der Waals surface area (Å²) in [5.41, 5.74) is 1.78. The maximum absolute atomic E-state index is 8.82. The van der Waals surface area contributed by atoms with Gasteiger partial charge in [-0.05, 0) is 31.0 Å². The van der Waals surface area contributed by atoms with Crippen LogP contribution in [0.15, 0.2) is 29.3 Å². The number of rotatable bonds is 5. The molecule has 0 bridgehead atoms. The van der Waals surface area contributed by atoms with Gasteiger partial charge in [0.25, 0.3) is 0 Å². The number of nitrogens with one attached hydrogen (secondary N) is 1. The lowest BCUT2D eigenvalue weighted by Crippen LogP contribution is -2.41. The van der Waals surface area contributed by atoms with Crippen molar-refractivity contribution in [2.75, 3.05) is 33.4 Å². The average Bonchev–Trinajstić information content (AvgIpc) is 3.04. The van der Waals surface area contributed by atoms with E-state index >= 15 is 0 Å². The van der Waals surface area contributed by atoms with Gasteiger partial charge in [0, 0.05) is 32.7 Å². The minimum absolute atomic E-state index is 0.587. The lowest BCUT2D eigenvalue weighted by atomic mass is 10.1. The zero-order valence-corrected chi connectivity index (χ0v) is 13.4. The van der Waals surface area contributed by atoms with E-state index in [2.05, 4.69) is 35.2 Å². The Hall–Kier alpha value is -2.06. The molecule has 1 atom stereocenters. The smallest absolute Gasteiger partial charge is 0.193 e. The lowest BCUT2D eigenvalue weighted by molar-refractivity contribution is 0.181. The van der Waals surface area contributed by atoms with Gasteiger partial charge in [-0.1, -0.05) is 12.1 Å². The van der Waals surface area contributed by atoms with E-state index < -0.39 is 0 Å². The van der Waals surface area contributed by atoms with Gasteiger partial charge in [-0.15, -0.1) is 0 Å². The molecular weight excluding hydrogens is 276 g/mol. The number of nitriles is 1. The van der Waals surface area contributed by atoms with E-state index in [4.69, 9.17) is 10.00 Å². The molecule has 0 spiro atoms. The molecule has 1 aromatic carbocycles. The van der Waals surface area contributed by atoms with Gasteiger partial charge < -0.3 is 15.0 Å². The van der Waals surface area contributed by atoms with E-state index in [-0.39, 0.29) is 0 Å².